The number of halogens is 1. The van der Waals surface area contributed by atoms with Crippen LogP contribution in [-0.4, -0.2) is 9.97 Å². The van der Waals surface area contributed by atoms with Gasteiger partial charge in [-0.1, -0.05) is 18.5 Å². The van der Waals surface area contributed by atoms with E-state index in [-0.39, 0.29) is 0 Å². The van der Waals surface area contributed by atoms with Crippen molar-refractivity contribution in [1.82, 2.24) is 9.97 Å². The molecule has 4 heteroatoms. The molecule has 0 saturated carbocycles. The van der Waals surface area contributed by atoms with Gasteiger partial charge in [-0.2, -0.15) is 0 Å². The third-order valence-electron chi connectivity index (χ3n) is 1.38. The first-order chi connectivity index (χ1) is 5.27. The maximum absolute atomic E-state index is 5.75. The smallest absolute Gasteiger partial charge is 0.128 e. The van der Waals surface area contributed by atoms with Crippen molar-refractivity contribution >= 4 is 11.6 Å². The van der Waals surface area contributed by atoms with Crippen molar-refractivity contribution in [3.8, 4) is 0 Å². The fraction of sp³-hybridized carbons (Fsp3) is 0.429. The van der Waals surface area contributed by atoms with Crippen molar-refractivity contribution in [2.45, 2.75) is 19.9 Å². The largest absolute Gasteiger partial charge is 0.325 e. The van der Waals surface area contributed by atoms with E-state index in [0.717, 1.165) is 17.9 Å². The third-order valence-corrected chi connectivity index (χ3v) is 1.69. The topological polar surface area (TPSA) is 51.8 Å². The first-order valence-electron chi connectivity index (χ1n) is 3.48. The van der Waals surface area contributed by atoms with Crippen LogP contribution in [0.1, 0.15) is 18.4 Å². The van der Waals surface area contributed by atoms with Crippen LogP contribution >= 0.6 is 11.6 Å². The minimum Gasteiger partial charge on any atom is -0.325 e. The summed E-state index contributed by atoms with van der Waals surface area (Å²) >= 11 is 5.75. The molecule has 3 nitrogen and oxygen atoms in total. The molecule has 0 aliphatic rings. The van der Waals surface area contributed by atoms with E-state index in [0.29, 0.717) is 11.6 Å². The van der Waals surface area contributed by atoms with Gasteiger partial charge in [0.2, 0.25) is 0 Å². The molecule has 0 unspecified atom stereocenters. The van der Waals surface area contributed by atoms with Crippen LogP contribution < -0.4 is 5.73 Å². The van der Waals surface area contributed by atoms with Crippen LogP contribution in [0.25, 0.3) is 0 Å². The van der Waals surface area contributed by atoms with Crippen LogP contribution in [0.4, 0.5) is 0 Å². The Morgan fingerprint density at radius 1 is 1.64 bits per heavy atom. The van der Waals surface area contributed by atoms with E-state index in [2.05, 4.69) is 9.97 Å². The molecule has 1 aromatic rings. The highest BCUT2D eigenvalue weighted by atomic mass is 35.5. The lowest BCUT2D eigenvalue weighted by Crippen LogP contribution is -2.04. The number of nitrogens with zero attached hydrogens (tertiary/aromatic N) is 2. The predicted octanol–water partition coefficient (Wildman–Crippen LogP) is 1.15. The van der Waals surface area contributed by atoms with Crippen molar-refractivity contribution in [1.29, 1.82) is 0 Å². The van der Waals surface area contributed by atoms with Gasteiger partial charge in [-0.3, -0.25) is 0 Å². The minimum absolute atomic E-state index is 0.369. The van der Waals surface area contributed by atoms with Gasteiger partial charge in [0.25, 0.3) is 0 Å². The lowest BCUT2D eigenvalue weighted by molar-refractivity contribution is 0.876. The molecular formula is C7H10ClN3. The Kier molecular flexibility index (Phi) is 2.79. The molecule has 0 bridgehead atoms. The summed E-state index contributed by atoms with van der Waals surface area (Å²) in [5.74, 6) is 0.787. The van der Waals surface area contributed by atoms with Gasteiger partial charge in [0.1, 0.15) is 5.82 Å². The predicted molar refractivity (Wildman–Crippen MR) is 44.3 cm³/mol. The molecule has 0 radical (unpaired) electrons. The van der Waals surface area contributed by atoms with Crippen molar-refractivity contribution in [2.75, 3.05) is 0 Å². The van der Waals surface area contributed by atoms with Crippen molar-refractivity contribution < 1.29 is 0 Å². The van der Waals surface area contributed by atoms with E-state index in [4.69, 9.17) is 17.3 Å². The molecule has 0 atom stereocenters. The van der Waals surface area contributed by atoms with Crippen LogP contribution in [0.2, 0.25) is 5.02 Å². The number of rotatable bonds is 2. The maximum Gasteiger partial charge on any atom is 0.128 e. The van der Waals surface area contributed by atoms with Crippen molar-refractivity contribution in [3.05, 3.63) is 22.7 Å². The monoisotopic (exact) mass is 171 g/mol. The first-order valence-corrected chi connectivity index (χ1v) is 3.86. The van der Waals surface area contributed by atoms with Gasteiger partial charge >= 0.3 is 0 Å². The second-order valence-corrected chi connectivity index (χ2v) is 2.55. The van der Waals surface area contributed by atoms with E-state index in [9.17, 15) is 0 Å². The molecule has 1 aromatic heterocycles. The van der Waals surface area contributed by atoms with Gasteiger partial charge in [-0.15, -0.1) is 0 Å². The van der Waals surface area contributed by atoms with Crippen LogP contribution in [0.3, 0.4) is 0 Å². The van der Waals surface area contributed by atoms with Crippen molar-refractivity contribution in [2.24, 2.45) is 5.73 Å². The third kappa shape index (κ3) is 1.88. The number of aromatic nitrogens is 2. The Morgan fingerprint density at radius 2 is 2.36 bits per heavy atom. The van der Waals surface area contributed by atoms with Crippen LogP contribution in [0.5, 0.6) is 0 Å². The summed E-state index contributed by atoms with van der Waals surface area (Å²) in [7, 11) is 0. The minimum atomic E-state index is 0.369. The zero-order valence-electron chi connectivity index (χ0n) is 6.34. The number of aryl methyl sites for hydroxylation is 1. The van der Waals surface area contributed by atoms with Gasteiger partial charge in [0.05, 0.1) is 10.7 Å². The highest BCUT2D eigenvalue weighted by Gasteiger charge is 2.00. The van der Waals surface area contributed by atoms with Gasteiger partial charge in [-0.25, -0.2) is 9.97 Å². The standard InChI is InChI=1S/C7H10ClN3/c1-2-7-10-4-5(8)6(3-9)11-7/h4H,2-3,9H2,1H3. The number of hydrogen-bond donors (Lipinski definition) is 1. The Bertz CT molecular complexity index is 249. The Hall–Kier alpha value is -0.670. The maximum atomic E-state index is 5.75. The van der Waals surface area contributed by atoms with Crippen LogP contribution in [0.15, 0.2) is 6.20 Å². The van der Waals surface area contributed by atoms with E-state index in [1.165, 1.54) is 0 Å². The van der Waals surface area contributed by atoms with Gasteiger partial charge in [-0.05, 0) is 0 Å². The number of hydrogen-bond acceptors (Lipinski definition) is 3. The SMILES string of the molecule is CCc1ncc(Cl)c(CN)n1. The number of nitrogens with two attached hydrogens (primary N) is 1. The molecule has 0 aliphatic heterocycles. The normalized spacial score (nSPS) is 10.1. The summed E-state index contributed by atoms with van der Waals surface area (Å²) in [4.78, 5) is 8.15. The summed E-state index contributed by atoms with van der Waals surface area (Å²) in [5, 5.41) is 0.546. The zero-order valence-corrected chi connectivity index (χ0v) is 7.10. The fourth-order valence-corrected chi connectivity index (χ4v) is 0.925. The fourth-order valence-electron chi connectivity index (χ4n) is 0.757. The molecule has 0 aromatic carbocycles. The summed E-state index contributed by atoms with van der Waals surface area (Å²) in [6.07, 6.45) is 2.40. The summed E-state index contributed by atoms with van der Waals surface area (Å²) in [5.41, 5.74) is 6.12. The van der Waals surface area contributed by atoms with Crippen LogP contribution in [-0.2, 0) is 13.0 Å². The van der Waals surface area contributed by atoms with Crippen molar-refractivity contribution in [3.63, 3.8) is 0 Å². The van der Waals surface area contributed by atoms with E-state index < -0.39 is 0 Å². The molecule has 11 heavy (non-hydrogen) atoms. The summed E-state index contributed by atoms with van der Waals surface area (Å²) in [6.45, 7) is 2.36. The van der Waals surface area contributed by atoms with E-state index in [1.54, 1.807) is 6.20 Å². The quantitative estimate of drug-likeness (QED) is 0.727. The van der Waals surface area contributed by atoms with Crippen LogP contribution in [0, 0.1) is 0 Å². The molecule has 0 fully saturated rings. The first kappa shape index (κ1) is 8.43. The second kappa shape index (κ2) is 3.64. The molecule has 1 rings (SSSR count). The lowest BCUT2D eigenvalue weighted by atomic mass is 10.3. The lowest BCUT2D eigenvalue weighted by Gasteiger charge is -2.00. The highest BCUT2D eigenvalue weighted by molar-refractivity contribution is 6.31. The molecule has 60 valence electrons. The average Bonchev–Trinajstić information content (AvgIpc) is 2.05. The average molecular weight is 172 g/mol. The highest BCUT2D eigenvalue weighted by Crippen LogP contribution is 2.10. The van der Waals surface area contributed by atoms with Gasteiger partial charge in [0.15, 0.2) is 0 Å². The molecular weight excluding hydrogens is 162 g/mol. The molecule has 0 spiro atoms. The van der Waals surface area contributed by atoms with E-state index in [1.807, 2.05) is 6.92 Å². The Morgan fingerprint density at radius 3 is 2.91 bits per heavy atom. The molecule has 0 amide bonds. The Balaban J connectivity index is 3.02. The van der Waals surface area contributed by atoms with Gasteiger partial charge < -0.3 is 5.73 Å². The van der Waals surface area contributed by atoms with E-state index >= 15 is 0 Å². The summed E-state index contributed by atoms with van der Waals surface area (Å²) < 4.78 is 0. The van der Waals surface area contributed by atoms with Gasteiger partial charge in [0, 0.05) is 19.2 Å². The molecule has 2 N–H and O–H groups in total. The second-order valence-electron chi connectivity index (χ2n) is 2.14. The molecule has 0 aliphatic carbocycles. The molecule has 0 saturated heterocycles. The Labute approximate surface area is 70.6 Å². The zero-order chi connectivity index (χ0) is 8.27. The summed E-state index contributed by atoms with van der Waals surface area (Å²) in [6, 6.07) is 0. The molecule has 1 heterocycles.